The van der Waals surface area contributed by atoms with Crippen molar-refractivity contribution >= 4 is 38.5 Å². The van der Waals surface area contributed by atoms with Crippen molar-refractivity contribution in [2.24, 2.45) is 5.10 Å². The highest BCUT2D eigenvalue weighted by Crippen LogP contribution is 2.34. The van der Waals surface area contributed by atoms with Gasteiger partial charge in [-0.1, -0.05) is 40.2 Å². The molecule has 4 nitrogen and oxygen atoms in total. The molecular formula is C20H16BrN3O. The molecule has 0 unspecified atom stereocenters. The monoisotopic (exact) mass is 393 g/mol. The summed E-state index contributed by atoms with van der Waals surface area (Å²) in [6, 6.07) is 18.0. The van der Waals surface area contributed by atoms with Gasteiger partial charge in [0.1, 0.15) is 0 Å². The maximum absolute atomic E-state index is 12.1. The number of carbonyl (C=O) groups excluding carboxylic acids is 1. The number of hydrogen-bond acceptors (Lipinski definition) is 3. The van der Waals surface area contributed by atoms with Crippen molar-refractivity contribution in [2.75, 3.05) is 0 Å². The molecule has 2 heterocycles. The first-order valence-electron chi connectivity index (χ1n) is 8.10. The van der Waals surface area contributed by atoms with E-state index in [1.807, 2.05) is 48.5 Å². The molecule has 0 saturated heterocycles. The highest BCUT2D eigenvalue weighted by atomic mass is 79.9. The molecule has 0 bridgehead atoms. The van der Waals surface area contributed by atoms with Crippen molar-refractivity contribution in [2.45, 2.75) is 19.4 Å². The van der Waals surface area contributed by atoms with Crippen molar-refractivity contribution in [1.82, 2.24) is 9.99 Å². The summed E-state index contributed by atoms with van der Waals surface area (Å²) in [5.41, 5.74) is 4.00. The zero-order valence-electron chi connectivity index (χ0n) is 13.7. The van der Waals surface area contributed by atoms with Gasteiger partial charge in [0.05, 0.1) is 17.3 Å². The Morgan fingerprint density at radius 1 is 1.16 bits per heavy atom. The fraction of sp³-hybridized carbons (Fsp3) is 0.150. The number of nitrogens with zero attached hydrogens (tertiary/aromatic N) is 3. The number of rotatable bonds is 2. The van der Waals surface area contributed by atoms with E-state index < -0.39 is 0 Å². The number of hydrogen-bond donors (Lipinski definition) is 0. The first-order valence-corrected chi connectivity index (χ1v) is 8.89. The summed E-state index contributed by atoms with van der Waals surface area (Å²) in [4.78, 5) is 16.5. The van der Waals surface area contributed by atoms with Crippen molar-refractivity contribution in [3.05, 3.63) is 76.4 Å². The largest absolute Gasteiger partial charge is 0.273 e. The number of pyridine rings is 1. The Balaban J connectivity index is 1.71. The first kappa shape index (κ1) is 16.0. The third kappa shape index (κ3) is 3.07. The molecule has 2 aromatic carbocycles. The van der Waals surface area contributed by atoms with Gasteiger partial charge in [0.15, 0.2) is 0 Å². The summed E-state index contributed by atoms with van der Waals surface area (Å²) in [5.74, 6) is -0.0524. The molecule has 3 aromatic rings. The lowest BCUT2D eigenvalue weighted by Gasteiger charge is -2.20. The molecule has 0 aliphatic carbocycles. The molecule has 1 aliphatic heterocycles. The SMILES string of the molecule is CC(=O)N1N=C(c2ccc(Br)cc2)C[C@@H]1c1ccc2ncccc2c1. The molecule has 0 spiro atoms. The fourth-order valence-electron chi connectivity index (χ4n) is 3.18. The maximum atomic E-state index is 12.1. The van der Waals surface area contributed by atoms with Crippen molar-refractivity contribution < 1.29 is 4.79 Å². The first-order chi connectivity index (χ1) is 12.1. The zero-order chi connectivity index (χ0) is 17.4. The van der Waals surface area contributed by atoms with Gasteiger partial charge in [-0.05, 0) is 41.5 Å². The summed E-state index contributed by atoms with van der Waals surface area (Å²) < 4.78 is 1.02. The summed E-state index contributed by atoms with van der Waals surface area (Å²) in [6.45, 7) is 1.56. The van der Waals surface area contributed by atoms with Crippen LogP contribution in [-0.4, -0.2) is 21.6 Å². The van der Waals surface area contributed by atoms with Gasteiger partial charge in [0.2, 0.25) is 5.91 Å². The number of amides is 1. The third-order valence-corrected chi connectivity index (χ3v) is 4.95. The van der Waals surface area contributed by atoms with Crippen LogP contribution in [0.5, 0.6) is 0 Å². The van der Waals surface area contributed by atoms with Crippen LogP contribution >= 0.6 is 15.9 Å². The number of fused-ring (bicyclic) bond motifs is 1. The van der Waals surface area contributed by atoms with Crippen LogP contribution in [0.25, 0.3) is 10.9 Å². The van der Waals surface area contributed by atoms with Gasteiger partial charge >= 0.3 is 0 Å². The Kier molecular flexibility index (Phi) is 4.09. The molecule has 1 aliphatic rings. The average molecular weight is 394 g/mol. The molecule has 0 saturated carbocycles. The van der Waals surface area contributed by atoms with E-state index in [-0.39, 0.29) is 11.9 Å². The zero-order valence-corrected chi connectivity index (χ0v) is 15.3. The van der Waals surface area contributed by atoms with Gasteiger partial charge in [-0.25, -0.2) is 5.01 Å². The quantitative estimate of drug-likeness (QED) is 0.633. The van der Waals surface area contributed by atoms with Crippen LogP contribution in [0.4, 0.5) is 0 Å². The fourth-order valence-corrected chi connectivity index (χ4v) is 3.44. The van der Waals surface area contributed by atoms with Gasteiger partial charge in [0, 0.05) is 29.4 Å². The van der Waals surface area contributed by atoms with E-state index >= 15 is 0 Å². The van der Waals surface area contributed by atoms with Gasteiger partial charge in [-0.3, -0.25) is 9.78 Å². The minimum absolute atomic E-state index is 0.0524. The van der Waals surface area contributed by atoms with Gasteiger partial charge < -0.3 is 0 Å². The summed E-state index contributed by atoms with van der Waals surface area (Å²) in [7, 11) is 0. The van der Waals surface area contributed by atoms with Crippen LogP contribution in [0, 0.1) is 0 Å². The second kappa shape index (κ2) is 6.41. The number of halogens is 1. The Morgan fingerprint density at radius 2 is 1.96 bits per heavy atom. The van der Waals surface area contributed by atoms with Gasteiger partial charge in [-0.2, -0.15) is 5.10 Å². The Morgan fingerprint density at radius 3 is 2.72 bits per heavy atom. The Bertz CT molecular complexity index is 982. The smallest absolute Gasteiger partial charge is 0.240 e. The number of aromatic nitrogens is 1. The topological polar surface area (TPSA) is 45.6 Å². The second-order valence-corrected chi connectivity index (χ2v) is 7.01. The molecular weight excluding hydrogens is 378 g/mol. The minimum Gasteiger partial charge on any atom is -0.273 e. The van der Waals surface area contributed by atoms with Crippen molar-refractivity contribution in [3.63, 3.8) is 0 Å². The van der Waals surface area contributed by atoms with E-state index in [0.717, 1.165) is 32.2 Å². The molecule has 5 heteroatoms. The van der Waals surface area contributed by atoms with Crippen LogP contribution in [0.15, 0.2) is 70.4 Å². The standard InChI is InChI=1S/C20H16BrN3O/c1-13(25)24-20(12-19(23-24)14-4-7-17(21)8-5-14)16-6-9-18-15(11-16)3-2-10-22-18/h2-11,20H,12H2,1H3/t20-/m1/s1. The maximum Gasteiger partial charge on any atom is 0.240 e. The molecule has 124 valence electrons. The van der Waals surface area contributed by atoms with Gasteiger partial charge in [-0.15, -0.1) is 0 Å². The molecule has 25 heavy (non-hydrogen) atoms. The lowest BCUT2D eigenvalue weighted by Crippen LogP contribution is -2.24. The Hall–Kier alpha value is -2.53. The van der Waals surface area contributed by atoms with Crippen LogP contribution in [-0.2, 0) is 4.79 Å². The molecule has 0 radical (unpaired) electrons. The van der Waals surface area contributed by atoms with E-state index in [9.17, 15) is 4.79 Å². The molecule has 4 rings (SSSR count). The van der Waals surface area contributed by atoms with Crippen LogP contribution < -0.4 is 0 Å². The molecule has 0 fully saturated rings. The number of benzene rings is 2. The molecule has 1 amide bonds. The predicted molar refractivity (Wildman–Crippen MR) is 102 cm³/mol. The van der Waals surface area contributed by atoms with E-state index in [0.29, 0.717) is 6.42 Å². The number of hydrazone groups is 1. The number of carbonyl (C=O) groups is 1. The van der Waals surface area contributed by atoms with Crippen LogP contribution in [0.3, 0.4) is 0 Å². The lowest BCUT2D eigenvalue weighted by molar-refractivity contribution is -0.130. The third-order valence-electron chi connectivity index (χ3n) is 4.42. The summed E-state index contributed by atoms with van der Waals surface area (Å²) >= 11 is 3.45. The van der Waals surface area contributed by atoms with E-state index in [1.54, 1.807) is 18.1 Å². The van der Waals surface area contributed by atoms with E-state index in [2.05, 4.69) is 32.1 Å². The molecule has 0 N–H and O–H groups in total. The minimum atomic E-state index is -0.0826. The lowest BCUT2D eigenvalue weighted by atomic mass is 9.97. The highest BCUT2D eigenvalue weighted by molar-refractivity contribution is 9.10. The van der Waals surface area contributed by atoms with Crippen molar-refractivity contribution in [1.29, 1.82) is 0 Å². The summed E-state index contributed by atoms with van der Waals surface area (Å²) in [6.07, 6.45) is 2.49. The Labute approximate surface area is 154 Å². The van der Waals surface area contributed by atoms with Crippen molar-refractivity contribution in [3.8, 4) is 0 Å². The predicted octanol–water partition coefficient (Wildman–Crippen LogP) is 4.69. The van der Waals surface area contributed by atoms with Crippen LogP contribution in [0.1, 0.15) is 30.5 Å². The van der Waals surface area contributed by atoms with E-state index in [4.69, 9.17) is 0 Å². The summed E-state index contributed by atoms with van der Waals surface area (Å²) in [5, 5.41) is 7.26. The van der Waals surface area contributed by atoms with Crippen LogP contribution in [0.2, 0.25) is 0 Å². The normalized spacial score (nSPS) is 17.0. The molecule has 1 atom stereocenters. The average Bonchev–Trinajstić information content (AvgIpc) is 3.07. The molecule has 1 aromatic heterocycles. The van der Waals surface area contributed by atoms with Gasteiger partial charge in [0.25, 0.3) is 0 Å². The highest BCUT2D eigenvalue weighted by Gasteiger charge is 2.31. The second-order valence-electron chi connectivity index (χ2n) is 6.09. The van der Waals surface area contributed by atoms with E-state index in [1.165, 1.54) is 0 Å².